The fourth-order valence-electron chi connectivity index (χ4n) is 2.42. The number of aromatic hydroxyl groups is 1. The summed E-state index contributed by atoms with van der Waals surface area (Å²) >= 11 is 6.11. The first-order valence-corrected chi connectivity index (χ1v) is 9.43. The van der Waals surface area contributed by atoms with E-state index >= 15 is 0 Å². The molecule has 2 rings (SSSR count). The number of carbonyl (C=O) groups excluding carboxylic acids is 1. The molecule has 0 radical (unpaired) electrons. The average molecular weight is 417 g/mol. The van der Waals surface area contributed by atoms with E-state index in [0.29, 0.717) is 22.0 Å². The zero-order chi connectivity index (χ0) is 21.8. The fraction of sp³-hybridized carbons (Fsp3) is 0.318. The van der Waals surface area contributed by atoms with Crippen molar-refractivity contribution in [1.82, 2.24) is 0 Å². The van der Waals surface area contributed by atoms with Crippen LogP contribution in [-0.2, 0) is 14.9 Å². The summed E-state index contributed by atoms with van der Waals surface area (Å²) in [6.45, 7) is 12.5. The molecule has 154 valence electrons. The minimum absolute atomic E-state index is 0.00719. The number of ether oxygens (including phenoxy) is 2. The smallest absolute Gasteiger partial charge is 0.336 e. The van der Waals surface area contributed by atoms with E-state index < -0.39 is 17.7 Å². The molecule has 0 fully saturated rings. The number of phenolic OH excluding ortho intramolecular Hbond substituents is 1. The summed E-state index contributed by atoms with van der Waals surface area (Å²) in [5, 5.41) is 19.4. The van der Waals surface area contributed by atoms with E-state index in [9.17, 15) is 9.90 Å². The van der Waals surface area contributed by atoms with Crippen molar-refractivity contribution in [2.45, 2.75) is 46.3 Å². The number of rotatable bonds is 6. The quantitative estimate of drug-likeness (QED) is 0.249. The lowest BCUT2D eigenvalue weighted by atomic mass is 9.86. The molecule has 0 aliphatic carbocycles. The van der Waals surface area contributed by atoms with Gasteiger partial charge in [-0.3, -0.25) is 0 Å². The van der Waals surface area contributed by atoms with Crippen LogP contribution in [0.4, 0.5) is 11.4 Å². The largest absolute Gasteiger partial charge is 0.505 e. The van der Waals surface area contributed by atoms with Crippen LogP contribution < -0.4 is 4.74 Å². The molecule has 0 saturated carbocycles. The highest BCUT2D eigenvalue weighted by molar-refractivity contribution is 6.32. The molecule has 0 aliphatic heterocycles. The Bertz CT molecular complexity index is 948. The van der Waals surface area contributed by atoms with Crippen LogP contribution in [0, 0.1) is 0 Å². The summed E-state index contributed by atoms with van der Waals surface area (Å²) in [7, 11) is 0. The zero-order valence-corrected chi connectivity index (χ0v) is 17.9. The van der Waals surface area contributed by atoms with E-state index in [1.54, 1.807) is 44.2 Å². The van der Waals surface area contributed by atoms with Crippen LogP contribution in [0.2, 0.25) is 5.02 Å². The van der Waals surface area contributed by atoms with Gasteiger partial charge >= 0.3 is 5.97 Å². The van der Waals surface area contributed by atoms with Gasteiger partial charge in [0.1, 0.15) is 22.9 Å². The van der Waals surface area contributed by atoms with Crippen LogP contribution in [0.25, 0.3) is 0 Å². The van der Waals surface area contributed by atoms with Crippen molar-refractivity contribution in [3.63, 3.8) is 0 Å². The first-order valence-electron chi connectivity index (χ1n) is 9.06. The van der Waals surface area contributed by atoms with E-state index in [1.807, 2.05) is 20.8 Å². The number of halogens is 1. The average Bonchev–Trinajstić information content (AvgIpc) is 2.61. The highest BCUT2D eigenvalue weighted by Crippen LogP contribution is 2.42. The Morgan fingerprint density at radius 2 is 1.79 bits per heavy atom. The number of hydrogen-bond acceptors (Lipinski definition) is 6. The van der Waals surface area contributed by atoms with E-state index in [4.69, 9.17) is 21.1 Å². The molecular formula is C22H25ClN2O4. The second-order valence-electron chi connectivity index (χ2n) is 7.61. The van der Waals surface area contributed by atoms with Crippen molar-refractivity contribution in [3.05, 3.63) is 59.1 Å². The van der Waals surface area contributed by atoms with Crippen LogP contribution in [-0.4, -0.2) is 17.4 Å². The molecule has 6 nitrogen and oxygen atoms in total. The number of azo groups is 1. The maximum absolute atomic E-state index is 11.7. The van der Waals surface area contributed by atoms with Crippen LogP contribution in [0.5, 0.6) is 11.5 Å². The standard InChI is InChI=1S/C22H25ClN2O4/c1-13(2)21(27)29-14(3)28-15-11-16(22(4,5)6)20(26)19(12-15)25-24-18-10-8-7-9-17(18)23/h7-12,14,26H,1H2,2-6H3. The lowest BCUT2D eigenvalue weighted by Gasteiger charge is -2.23. The molecular weight excluding hydrogens is 392 g/mol. The van der Waals surface area contributed by atoms with Gasteiger partial charge in [-0.15, -0.1) is 10.2 Å². The Balaban J connectivity index is 2.40. The van der Waals surface area contributed by atoms with Gasteiger partial charge in [0.05, 0.1) is 5.02 Å². The Morgan fingerprint density at radius 3 is 2.38 bits per heavy atom. The lowest BCUT2D eigenvalue weighted by Crippen LogP contribution is -2.21. The Kier molecular flexibility index (Phi) is 7.03. The third kappa shape index (κ3) is 6.06. The number of carbonyl (C=O) groups is 1. The van der Waals surface area contributed by atoms with Crippen LogP contribution in [0.15, 0.2) is 58.8 Å². The van der Waals surface area contributed by atoms with Gasteiger partial charge in [0, 0.05) is 24.1 Å². The first kappa shape index (κ1) is 22.4. The van der Waals surface area contributed by atoms with Gasteiger partial charge in [-0.25, -0.2) is 4.79 Å². The highest BCUT2D eigenvalue weighted by Gasteiger charge is 2.23. The van der Waals surface area contributed by atoms with Gasteiger partial charge in [-0.1, -0.05) is 51.1 Å². The minimum atomic E-state index is -0.857. The summed E-state index contributed by atoms with van der Waals surface area (Å²) in [6, 6.07) is 10.2. The minimum Gasteiger partial charge on any atom is -0.505 e. The van der Waals surface area contributed by atoms with Gasteiger partial charge in [0.25, 0.3) is 0 Å². The SMILES string of the molecule is C=C(C)C(=O)OC(C)Oc1cc(N=Nc2ccccc2Cl)c(O)c(C(C)(C)C)c1. The number of phenols is 1. The van der Waals surface area contributed by atoms with Crippen molar-refractivity contribution in [3.8, 4) is 11.5 Å². The Morgan fingerprint density at radius 1 is 1.17 bits per heavy atom. The van der Waals surface area contributed by atoms with E-state index in [2.05, 4.69) is 16.8 Å². The molecule has 0 bridgehead atoms. The van der Waals surface area contributed by atoms with Crippen molar-refractivity contribution >= 4 is 28.9 Å². The normalized spacial score (nSPS) is 12.6. The second-order valence-corrected chi connectivity index (χ2v) is 8.02. The van der Waals surface area contributed by atoms with Crippen LogP contribution >= 0.6 is 11.6 Å². The summed E-state index contributed by atoms with van der Waals surface area (Å²) in [5.74, 6) is -0.180. The summed E-state index contributed by atoms with van der Waals surface area (Å²) in [6.07, 6.45) is -0.857. The summed E-state index contributed by atoms with van der Waals surface area (Å²) in [5.41, 5.74) is 1.18. The van der Waals surface area contributed by atoms with E-state index in [-0.39, 0.29) is 17.0 Å². The molecule has 0 aromatic heterocycles. The second kappa shape index (κ2) is 9.09. The Labute approximate surface area is 175 Å². The monoisotopic (exact) mass is 416 g/mol. The molecule has 2 aromatic rings. The van der Waals surface area contributed by atoms with E-state index in [1.165, 1.54) is 6.07 Å². The molecule has 29 heavy (non-hydrogen) atoms. The van der Waals surface area contributed by atoms with Crippen molar-refractivity contribution in [2.75, 3.05) is 0 Å². The Hall–Kier alpha value is -2.86. The predicted octanol–water partition coefficient (Wildman–Crippen LogP) is 6.60. The van der Waals surface area contributed by atoms with Crippen LogP contribution in [0.3, 0.4) is 0 Å². The number of benzene rings is 2. The lowest BCUT2D eigenvalue weighted by molar-refractivity contribution is -0.156. The van der Waals surface area contributed by atoms with Gasteiger partial charge in [0.15, 0.2) is 0 Å². The number of nitrogens with zero attached hydrogens (tertiary/aromatic N) is 2. The number of esters is 1. The van der Waals surface area contributed by atoms with Gasteiger partial charge in [0.2, 0.25) is 6.29 Å². The molecule has 1 atom stereocenters. The van der Waals surface area contributed by atoms with Crippen molar-refractivity contribution < 1.29 is 19.4 Å². The first-order chi connectivity index (χ1) is 13.5. The summed E-state index contributed by atoms with van der Waals surface area (Å²) in [4.78, 5) is 11.7. The number of hydrogen-bond donors (Lipinski definition) is 1. The maximum atomic E-state index is 11.7. The highest BCUT2D eigenvalue weighted by atomic mass is 35.5. The van der Waals surface area contributed by atoms with Gasteiger partial charge < -0.3 is 14.6 Å². The summed E-state index contributed by atoms with van der Waals surface area (Å²) < 4.78 is 10.9. The molecule has 1 N–H and O–H groups in total. The molecule has 0 heterocycles. The third-order valence-corrected chi connectivity index (χ3v) is 4.23. The molecule has 7 heteroatoms. The predicted molar refractivity (Wildman–Crippen MR) is 113 cm³/mol. The van der Waals surface area contributed by atoms with Gasteiger partial charge in [-0.05, 0) is 30.5 Å². The maximum Gasteiger partial charge on any atom is 0.336 e. The van der Waals surface area contributed by atoms with Crippen molar-refractivity contribution in [1.29, 1.82) is 0 Å². The third-order valence-electron chi connectivity index (χ3n) is 3.91. The van der Waals surface area contributed by atoms with Gasteiger partial charge in [-0.2, -0.15) is 0 Å². The van der Waals surface area contributed by atoms with E-state index in [0.717, 1.165) is 0 Å². The molecule has 0 spiro atoms. The zero-order valence-electron chi connectivity index (χ0n) is 17.2. The molecule has 2 aromatic carbocycles. The topological polar surface area (TPSA) is 80.5 Å². The van der Waals surface area contributed by atoms with Crippen LogP contribution in [0.1, 0.15) is 40.2 Å². The molecule has 0 amide bonds. The molecule has 1 unspecified atom stereocenters. The fourth-order valence-corrected chi connectivity index (χ4v) is 2.59. The molecule has 0 aliphatic rings. The van der Waals surface area contributed by atoms with Crippen molar-refractivity contribution in [2.24, 2.45) is 10.2 Å². The molecule has 0 saturated heterocycles.